The summed E-state index contributed by atoms with van der Waals surface area (Å²) in [5, 5.41) is 0.805. The number of hydrogen-bond acceptors (Lipinski definition) is 1. The number of imidazole rings is 1. The lowest BCUT2D eigenvalue weighted by Gasteiger charge is -2.09. The van der Waals surface area contributed by atoms with Gasteiger partial charge in [-0.1, -0.05) is 83.4 Å². The van der Waals surface area contributed by atoms with Gasteiger partial charge in [0.05, 0.1) is 6.54 Å². The molecule has 2 aromatic carbocycles. The molecule has 21 heavy (non-hydrogen) atoms. The van der Waals surface area contributed by atoms with E-state index in [4.69, 9.17) is 23.2 Å². The van der Waals surface area contributed by atoms with Crippen LogP contribution in [-0.4, -0.2) is 9.55 Å². The van der Waals surface area contributed by atoms with E-state index >= 15 is 0 Å². The van der Waals surface area contributed by atoms with Gasteiger partial charge in [-0.3, -0.25) is 0 Å². The molecule has 0 fully saturated rings. The molecule has 1 aromatic heterocycles. The summed E-state index contributed by atoms with van der Waals surface area (Å²) in [6.07, 6.45) is 0. The van der Waals surface area contributed by atoms with Crippen LogP contribution < -0.4 is 0 Å². The van der Waals surface area contributed by atoms with E-state index in [0.717, 1.165) is 17.0 Å². The zero-order valence-corrected chi connectivity index (χ0v) is 13.1. The summed E-state index contributed by atoms with van der Waals surface area (Å²) in [4.78, 5) is 4.40. The van der Waals surface area contributed by atoms with Gasteiger partial charge in [0.2, 0.25) is 0 Å². The number of benzene rings is 2. The van der Waals surface area contributed by atoms with Crippen molar-refractivity contribution < 1.29 is 0 Å². The van der Waals surface area contributed by atoms with E-state index in [2.05, 4.69) is 36.2 Å². The van der Waals surface area contributed by atoms with Gasteiger partial charge in [-0.2, -0.15) is 0 Å². The molecule has 1 heterocycles. The molecule has 0 atom stereocenters. The summed E-state index contributed by atoms with van der Waals surface area (Å²) in [7, 11) is 0. The van der Waals surface area contributed by atoms with Crippen LogP contribution in [-0.2, 0) is 6.54 Å². The Hall–Kier alpha value is -1.77. The maximum absolute atomic E-state index is 6.31. The Morgan fingerprint density at radius 2 is 1.62 bits per heavy atom. The lowest BCUT2D eigenvalue weighted by Crippen LogP contribution is -2.02. The average molecular weight is 317 g/mol. The SMILES string of the molecule is Cc1ccc(-c2nc(Cl)c(Cl)n2Cc2ccccc2)cc1. The lowest BCUT2D eigenvalue weighted by atomic mass is 10.1. The van der Waals surface area contributed by atoms with Crippen molar-refractivity contribution >= 4 is 23.2 Å². The first-order valence-electron chi connectivity index (χ1n) is 6.67. The molecule has 0 N–H and O–H groups in total. The first-order valence-corrected chi connectivity index (χ1v) is 7.43. The normalized spacial score (nSPS) is 10.8. The van der Waals surface area contributed by atoms with Crippen LogP contribution in [0.4, 0.5) is 0 Å². The van der Waals surface area contributed by atoms with Crippen LogP contribution in [0.5, 0.6) is 0 Å². The smallest absolute Gasteiger partial charge is 0.166 e. The topological polar surface area (TPSA) is 17.8 Å². The third-order valence-electron chi connectivity index (χ3n) is 3.36. The van der Waals surface area contributed by atoms with Crippen LogP contribution >= 0.6 is 23.2 Å². The highest BCUT2D eigenvalue weighted by molar-refractivity contribution is 6.40. The van der Waals surface area contributed by atoms with E-state index in [0.29, 0.717) is 16.9 Å². The fraction of sp³-hybridized carbons (Fsp3) is 0.118. The zero-order valence-electron chi connectivity index (χ0n) is 11.6. The van der Waals surface area contributed by atoms with E-state index in [9.17, 15) is 0 Å². The van der Waals surface area contributed by atoms with Crippen molar-refractivity contribution in [3.05, 3.63) is 76.0 Å². The fourth-order valence-corrected chi connectivity index (χ4v) is 2.60. The Morgan fingerprint density at radius 1 is 0.952 bits per heavy atom. The van der Waals surface area contributed by atoms with Gasteiger partial charge < -0.3 is 4.57 Å². The summed E-state index contributed by atoms with van der Waals surface area (Å²) < 4.78 is 1.93. The molecule has 3 rings (SSSR count). The van der Waals surface area contributed by atoms with Crippen molar-refractivity contribution in [3.63, 3.8) is 0 Å². The number of halogens is 2. The number of aromatic nitrogens is 2. The highest BCUT2D eigenvalue weighted by Gasteiger charge is 2.15. The van der Waals surface area contributed by atoms with Crippen molar-refractivity contribution in [3.8, 4) is 11.4 Å². The maximum atomic E-state index is 6.31. The second-order valence-corrected chi connectivity index (χ2v) is 5.67. The van der Waals surface area contributed by atoms with Gasteiger partial charge in [-0.25, -0.2) is 4.98 Å². The van der Waals surface area contributed by atoms with Gasteiger partial charge in [0.1, 0.15) is 11.0 Å². The van der Waals surface area contributed by atoms with Crippen LogP contribution in [0.2, 0.25) is 10.3 Å². The van der Waals surface area contributed by atoms with E-state index in [1.807, 2.05) is 34.9 Å². The molecule has 0 radical (unpaired) electrons. The highest BCUT2D eigenvalue weighted by atomic mass is 35.5. The largest absolute Gasteiger partial charge is 0.309 e. The second kappa shape index (κ2) is 5.92. The van der Waals surface area contributed by atoms with E-state index < -0.39 is 0 Å². The summed E-state index contributed by atoms with van der Waals surface area (Å²) in [6, 6.07) is 18.3. The first kappa shape index (κ1) is 14.2. The molecule has 2 nitrogen and oxygen atoms in total. The molecule has 0 aliphatic carbocycles. The highest BCUT2D eigenvalue weighted by Crippen LogP contribution is 2.30. The zero-order chi connectivity index (χ0) is 14.8. The van der Waals surface area contributed by atoms with Crippen LogP contribution in [0.15, 0.2) is 54.6 Å². The summed E-state index contributed by atoms with van der Waals surface area (Å²) in [6.45, 7) is 2.70. The second-order valence-electron chi connectivity index (χ2n) is 4.95. The Kier molecular flexibility index (Phi) is 4.00. The van der Waals surface area contributed by atoms with Crippen LogP contribution in [0.25, 0.3) is 11.4 Å². The molecule has 0 amide bonds. The van der Waals surface area contributed by atoms with E-state index in [1.165, 1.54) is 5.56 Å². The standard InChI is InChI=1S/C17H14Cl2N2/c1-12-7-9-14(10-8-12)17-20-15(18)16(19)21(17)11-13-5-3-2-4-6-13/h2-10H,11H2,1H3. The maximum Gasteiger partial charge on any atom is 0.166 e. The molecular formula is C17H14Cl2N2. The average Bonchev–Trinajstić information content (AvgIpc) is 2.78. The van der Waals surface area contributed by atoms with Crippen LogP contribution in [0.3, 0.4) is 0 Å². The number of aryl methyl sites for hydroxylation is 1. The minimum atomic E-state index is 0.336. The molecule has 0 aliphatic rings. The quantitative estimate of drug-likeness (QED) is 0.648. The number of rotatable bonds is 3. The van der Waals surface area contributed by atoms with Crippen molar-refractivity contribution in [1.29, 1.82) is 0 Å². The summed E-state index contributed by atoms with van der Waals surface area (Å²) >= 11 is 12.4. The van der Waals surface area contributed by atoms with Crippen molar-refractivity contribution in [2.24, 2.45) is 0 Å². The van der Waals surface area contributed by atoms with Gasteiger partial charge in [0, 0.05) is 5.56 Å². The predicted octanol–water partition coefficient (Wildman–Crippen LogP) is 5.21. The Morgan fingerprint density at radius 3 is 2.29 bits per heavy atom. The van der Waals surface area contributed by atoms with Crippen molar-refractivity contribution in [1.82, 2.24) is 9.55 Å². The first-order chi connectivity index (χ1) is 10.1. The molecule has 0 unspecified atom stereocenters. The molecular weight excluding hydrogens is 303 g/mol. The van der Waals surface area contributed by atoms with Gasteiger partial charge in [-0.15, -0.1) is 0 Å². The molecule has 0 saturated carbocycles. The molecule has 4 heteroatoms. The molecule has 0 saturated heterocycles. The number of hydrogen-bond donors (Lipinski definition) is 0. The molecule has 106 valence electrons. The summed E-state index contributed by atoms with van der Waals surface area (Å²) in [5.41, 5.74) is 3.37. The fourth-order valence-electron chi connectivity index (χ4n) is 2.24. The molecule has 0 spiro atoms. The minimum absolute atomic E-state index is 0.336. The lowest BCUT2D eigenvalue weighted by molar-refractivity contribution is 0.808. The Balaban J connectivity index is 2.05. The molecule has 0 aliphatic heterocycles. The monoisotopic (exact) mass is 316 g/mol. The predicted molar refractivity (Wildman–Crippen MR) is 88.0 cm³/mol. The third-order valence-corrected chi connectivity index (χ3v) is 4.10. The summed E-state index contributed by atoms with van der Waals surface area (Å²) in [5.74, 6) is 0.786. The van der Waals surface area contributed by atoms with Gasteiger partial charge in [0.25, 0.3) is 0 Å². The van der Waals surface area contributed by atoms with Crippen LogP contribution in [0.1, 0.15) is 11.1 Å². The van der Waals surface area contributed by atoms with Gasteiger partial charge in [-0.05, 0) is 12.5 Å². The van der Waals surface area contributed by atoms with Crippen molar-refractivity contribution in [2.75, 3.05) is 0 Å². The van der Waals surface area contributed by atoms with Crippen molar-refractivity contribution in [2.45, 2.75) is 13.5 Å². The minimum Gasteiger partial charge on any atom is -0.309 e. The number of nitrogens with zero attached hydrogens (tertiary/aromatic N) is 2. The Labute approximate surface area is 134 Å². The third kappa shape index (κ3) is 2.97. The van der Waals surface area contributed by atoms with E-state index in [1.54, 1.807) is 0 Å². The molecule has 3 aromatic rings. The van der Waals surface area contributed by atoms with Crippen LogP contribution in [0, 0.1) is 6.92 Å². The molecule has 0 bridgehead atoms. The van der Waals surface area contributed by atoms with Gasteiger partial charge in [0.15, 0.2) is 5.15 Å². The van der Waals surface area contributed by atoms with E-state index in [-0.39, 0.29) is 0 Å². The van der Waals surface area contributed by atoms with Gasteiger partial charge >= 0.3 is 0 Å². The Bertz CT molecular complexity index is 746.